The van der Waals surface area contributed by atoms with Crippen molar-refractivity contribution >= 4 is 23.8 Å². The van der Waals surface area contributed by atoms with Crippen molar-refractivity contribution in [2.75, 3.05) is 20.2 Å². The number of ether oxygens (including phenoxy) is 3. The molecule has 0 radical (unpaired) electrons. The molecule has 2 amide bonds. The Kier molecular flexibility index (Phi) is 8.57. The van der Waals surface area contributed by atoms with E-state index in [0.717, 1.165) is 17.0 Å². The molecule has 12 heteroatoms. The number of benzene rings is 3. The smallest absolute Gasteiger partial charge is 0.343 e. The molecule has 5 rings (SSSR count). The second kappa shape index (κ2) is 12.5. The molecule has 0 aliphatic carbocycles. The molecule has 226 valence electrons. The third kappa shape index (κ3) is 6.22. The highest BCUT2D eigenvalue weighted by molar-refractivity contribution is 6.00. The van der Waals surface area contributed by atoms with Crippen LogP contribution in [0.2, 0.25) is 0 Å². The number of methoxy groups -OCH3 is 1. The lowest BCUT2D eigenvalue weighted by atomic mass is 10.1. The maximum Gasteiger partial charge on any atom is 0.343 e. The zero-order chi connectivity index (χ0) is 31.4. The third-order valence-electron chi connectivity index (χ3n) is 7.37. The summed E-state index contributed by atoms with van der Waals surface area (Å²) < 4.78 is 46.0. The number of nitrogens with zero attached hydrogens (tertiary/aromatic N) is 3. The highest BCUT2D eigenvalue weighted by Crippen LogP contribution is 2.42. The van der Waals surface area contributed by atoms with E-state index in [4.69, 9.17) is 20.8 Å². The summed E-state index contributed by atoms with van der Waals surface area (Å²) in [4.78, 5) is 58.5. The number of alkyl halides is 2. The van der Waals surface area contributed by atoms with Crippen molar-refractivity contribution < 1.29 is 42.2 Å². The van der Waals surface area contributed by atoms with Crippen molar-refractivity contribution in [3.8, 4) is 17.2 Å². The van der Waals surface area contributed by atoms with Crippen LogP contribution in [0.1, 0.15) is 50.3 Å². The molecule has 2 saturated heterocycles. The number of amides is 2. The zero-order valence-corrected chi connectivity index (χ0v) is 23.6. The Hall–Kier alpha value is -5.31. The van der Waals surface area contributed by atoms with Gasteiger partial charge in [-0.1, -0.05) is 36.4 Å². The molecule has 10 nitrogen and oxygen atoms in total. The summed E-state index contributed by atoms with van der Waals surface area (Å²) >= 11 is 0. The van der Waals surface area contributed by atoms with Crippen LogP contribution in [0.3, 0.4) is 0 Å². The van der Waals surface area contributed by atoms with Crippen molar-refractivity contribution in [3.05, 3.63) is 101 Å². The molecule has 3 aromatic carbocycles. The largest absolute Gasteiger partial charge is 0.493 e. The van der Waals surface area contributed by atoms with Gasteiger partial charge in [0.15, 0.2) is 11.5 Å². The summed E-state index contributed by atoms with van der Waals surface area (Å²) in [5.74, 6) is -7.62. The van der Waals surface area contributed by atoms with Gasteiger partial charge >= 0.3 is 18.1 Å². The zero-order valence-electron chi connectivity index (χ0n) is 23.6. The molecule has 0 spiro atoms. The highest BCUT2D eigenvalue weighted by Gasteiger charge is 2.52. The Morgan fingerprint density at radius 2 is 1.45 bits per heavy atom. The molecule has 0 bridgehead atoms. The highest BCUT2D eigenvalue weighted by atomic mass is 19.3. The Labute approximate surface area is 251 Å². The van der Waals surface area contributed by atoms with Gasteiger partial charge in [-0.25, -0.2) is 24.9 Å². The van der Waals surface area contributed by atoms with Crippen molar-refractivity contribution in [1.29, 1.82) is 0 Å². The molecule has 2 atom stereocenters. The second-order valence-electron chi connectivity index (χ2n) is 10.3. The summed E-state index contributed by atoms with van der Waals surface area (Å²) in [6, 6.07) is 16.6. The quantitative estimate of drug-likeness (QED) is 0.216. The van der Waals surface area contributed by atoms with Gasteiger partial charge < -0.3 is 19.1 Å². The van der Waals surface area contributed by atoms with E-state index in [1.165, 1.54) is 36.3 Å². The van der Waals surface area contributed by atoms with E-state index in [1.54, 1.807) is 36.4 Å². The van der Waals surface area contributed by atoms with Crippen LogP contribution in [0.15, 0.2) is 72.8 Å². The standard InChI is InChI=1S/C32H27F2N3O7/c1-35-26-14-9-15-36(26)29(39)23-18-32(33,34)19-37(23)28(38)22-16-24(42-2)27(44-31(41)21-12-7-4-8-13-21)25(17-22)43-30(40)20-10-5-3-6-11-20/h3-8,10-13,16-17,23,26H,9,14-15,18-19H2,2H3/t23-,26-/m0/s1. The molecule has 44 heavy (non-hydrogen) atoms. The summed E-state index contributed by atoms with van der Waals surface area (Å²) in [6.07, 6.45) is -0.718. The van der Waals surface area contributed by atoms with Gasteiger partial charge in [0.1, 0.15) is 6.04 Å². The molecule has 2 aliphatic heterocycles. The van der Waals surface area contributed by atoms with Gasteiger partial charge in [-0.2, -0.15) is 0 Å². The number of rotatable bonds is 7. The Morgan fingerprint density at radius 3 is 2.05 bits per heavy atom. The molecule has 0 N–H and O–H groups in total. The predicted molar refractivity (Wildman–Crippen MR) is 152 cm³/mol. The average molecular weight is 604 g/mol. The van der Waals surface area contributed by atoms with E-state index in [0.29, 0.717) is 12.8 Å². The van der Waals surface area contributed by atoms with E-state index in [-0.39, 0.29) is 40.5 Å². The van der Waals surface area contributed by atoms with Gasteiger partial charge in [-0.05, 0) is 42.8 Å². The first-order valence-electron chi connectivity index (χ1n) is 13.7. The Morgan fingerprint density at radius 1 is 0.864 bits per heavy atom. The van der Waals surface area contributed by atoms with Crippen LogP contribution >= 0.6 is 0 Å². The van der Waals surface area contributed by atoms with E-state index in [2.05, 4.69) is 4.85 Å². The minimum absolute atomic E-state index is 0.147. The normalized spacial score (nSPS) is 18.8. The first-order chi connectivity index (χ1) is 21.1. The minimum Gasteiger partial charge on any atom is -0.493 e. The summed E-state index contributed by atoms with van der Waals surface area (Å²) in [5, 5.41) is 0. The van der Waals surface area contributed by atoms with Gasteiger partial charge in [-0.15, -0.1) is 0 Å². The third-order valence-corrected chi connectivity index (χ3v) is 7.37. The molecule has 3 aromatic rings. The maximum absolute atomic E-state index is 14.7. The molecule has 2 fully saturated rings. The van der Waals surface area contributed by atoms with Crippen molar-refractivity contribution in [2.24, 2.45) is 0 Å². The molecule has 2 aliphatic rings. The second-order valence-corrected chi connectivity index (χ2v) is 10.3. The van der Waals surface area contributed by atoms with Gasteiger partial charge in [-0.3, -0.25) is 19.3 Å². The van der Waals surface area contributed by atoms with Gasteiger partial charge in [0, 0.05) is 24.9 Å². The lowest BCUT2D eigenvalue weighted by Gasteiger charge is -2.27. The van der Waals surface area contributed by atoms with Crippen molar-refractivity contribution in [1.82, 2.24) is 9.80 Å². The number of halogens is 2. The topological polar surface area (TPSA) is 107 Å². The van der Waals surface area contributed by atoms with Crippen molar-refractivity contribution in [3.63, 3.8) is 0 Å². The molecule has 2 heterocycles. The van der Waals surface area contributed by atoms with Crippen LogP contribution < -0.4 is 14.2 Å². The van der Waals surface area contributed by atoms with Crippen LogP contribution in [0.4, 0.5) is 8.78 Å². The molecule has 0 aromatic heterocycles. The van der Waals surface area contributed by atoms with Gasteiger partial charge in [0.25, 0.3) is 17.7 Å². The maximum atomic E-state index is 14.7. The molecule has 0 unspecified atom stereocenters. The van der Waals surface area contributed by atoms with E-state index in [1.807, 2.05) is 0 Å². The number of hydrogen-bond acceptors (Lipinski definition) is 7. The molecule has 0 saturated carbocycles. The molecular formula is C32H27F2N3O7. The molecular weight excluding hydrogens is 576 g/mol. The summed E-state index contributed by atoms with van der Waals surface area (Å²) in [7, 11) is 1.22. The number of carbonyl (C=O) groups is 4. The number of carbonyl (C=O) groups excluding carboxylic acids is 4. The van der Waals surface area contributed by atoms with Crippen molar-refractivity contribution in [2.45, 2.75) is 37.4 Å². The van der Waals surface area contributed by atoms with E-state index >= 15 is 0 Å². The monoisotopic (exact) mass is 603 g/mol. The lowest BCUT2D eigenvalue weighted by molar-refractivity contribution is -0.135. The van der Waals surface area contributed by atoms with Crippen LogP contribution in [-0.4, -0.2) is 71.9 Å². The van der Waals surface area contributed by atoms with E-state index in [9.17, 15) is 28.0 Å². The fourth-order valence-electron chi connectivity index (χ4n) is 5.24. The van der Waals surface area contributed by atoms with Crippen LogP contribution in [-0.2, 0) is 4.79 Å². The lowest BCUT2D eigenvalue weighted by Crippen LogP contribution is -2.48. The predicted octanol–water partition coefficient (Wildman–Crippen LogP) is 4.85. The first-order valence-corrected chi connectivity index (χ1v) is 13.7. The van der Waals surface area contributed by atoms with E-state index < -0.39 is 54.8 Å². The number of hydrogen-bond donors (Lipinski definition) is 0. The number of esters is 2. The van der Waals surface area contributed by atoms with Crippen LogP contribution in [0.25, 0.3) is 4.85 Å². The minimum atomic E-state index is -3.36. The van der Waals surface area contributed by atoms with Gasteiger partial charge in [0.2, 0.25) is 5.75 Å². The van der Waals surface area contributed by atoms with Crippen LogP contribution in [0, 0.1) is 6.57 Å². The summed E-state index contributed by atoms with van der Waals surface area (Å²) in [5.41, 5.74) is 0.0690. The first kappa shape index (κ1) is 30.2. The fraction of sp³-hybridized carbons (Fsp3) is 0.281. The fourth-order valence-corrected chi connectivity index (χ4v) is 5.24. The average Bonchev–Trinajstić information content (AvgIpc) is 3.65. The Balaban J connectivity index is 1.53. The SMILES string of the molecule is [C-]#[N+][C@@H]1CCCN1C(=O)[C@@H]1CC(F)(F)CN1C(=O)c1cc(OC)c(OC(=O)c2ccccc2)c(OC(=O)c2ccccc2)c1. The summed E-state index contributed by atoms with van der Waals surface area (Å²) in [6.45, 7) is 6.55. The van der Waals surface area contributed by atoms with Gasteiger partial charge in [0.05, 0.1) is 24.8 Å². The Bertz CT molecular complexity index is 1630. The van der Waals surface area contributed by atoms with Crippen LogP contribution in [0.5, 0.6) is 17.2 Å². The number of likely N-dealkylation sites (tertiary alicyclic amines) is 2.